The summed E-state index contributed by atoms with van der Waals surface area (Å²) in [6.45, 7) is 9.22. The molecule has 0 unspecified atom stereocenters. The summed E-state index contributed by atoms with van der Waals surface area (Å²) in [4.78, 5) is 12.1. The molecule has 1 atom stereocenters. The number of aromatic nitrogens is 2. The highest BCUT2D eigenvalue weighted by molar-refractivity contribution is 5.92. The standard InChI is InChI=1S/C13H23N3O2/c1-6-16-12(7-11(15-16)9(2)3)13(17)14-10(4)8-18-5/h7,9-10H,6,8H2,1-5H3,(H,14,17)/t10-/m1/s1. The highest BCUT2D eigenvalue weighted by Gasteiger charge is 2.17. The molecular weight excluding hydrogens is 230 g/mol. The molecule has 0 fully saturated rings. The lowest BCUT2D eigenvalue weighted by Gasteiger charge is -2.12. The quantitative estimate of drug-likeness (QED) is 0.841. The first-order valence-electron chi connectivity index (χ1n) is 6.37. The molecular formula is C13H23N3O2. The second kappa shape index (κ2) is 6.54. The Labute approximate surface area is 109 Å². The molecule has 0 aromatic carbocycles. The van der Waals surface area contributed by atoms with E-state index in [0.717, 1.165) is 5.69 Å². The predicted molar refractivity (Wildman–Crippen MR) is 70.8 cm³/mol. The molecule has 1 heterocycles. The SMILES string of the molecule is CCn1nc(C(C)C)cc1C(=O)N[C@H](C)COC. The fraction of sp³-hybridized carbons (Fsp3) is 0.692. The van der Waals surface area contributed by atoms with Gasteiger partial charge in [-0.05, 0) is 25.8 Å². The molecule has 5 heteroatoms. The van der Waals surface area contributed by atoms with Gasteiger partial charge in [-0.25, -0.2) is 0 Å². The molecule has 0 bridgehead atoms. The molecule has 0 aliphatic carbocycles. The van der Waals surface area contributed by atoms with Gasteiger partial charge < -0.3 is 10.1 Å². The normalized spacial score (nSPS) is 12.8. The molecule has 0 saturated heterocycles. The van der Waals surface area contributed by atoms with Crippen molar-refractivity contribution in [2.75, 3.05) is 13.7 Å². The van der Waals surface area contributed by atoms with E-state index >= 15 is 0 Å². The summed E-state index contributed by atoms with van der Waals surface area (Å²) in [6, 6.07) is 1.86. The topological polar surface area (TPSA) is 56.2 Å². The minimum atomic E-state index is -0.0965. The summed E-state index contributed by atoms with van der Waals surface area (Å²) in [7, 11) is 1.62. The van der Waals surface area contributed by atoms with Gasteiger partial charge in [0.05, 0.1) is 12.3 Å². The lowest BCUT2D eigenvalue weighted by atomic mass is 10.1. The number of ether oxygens (including phenoxy) is 1. The molecule has 1 N–H and O–H groups in total. The van der Waals surface area contributed by atoms with Crippen molar-refractivity contribution in [3.05, 3.63) is 17.5 Å². The molecule has 0 saturated carbocycles. The lowest BCUT2D eigenvalue weighted by molar-refractivity contribution is 0.0895. The van der Waals surface area contributed by atoms with E-state index in [0.29, 0.717) is 24.8 Å². The fourth-order valence-electron chi connectivity index (χ4n) is 1.73. The zero-order valence-corrected chi connectivity index (χ0v) is 11.9. The predicted octanol–water partition coefficient (Wildman–Crippen LogP) is 1.79. The molecule has 0 spiro atoms. The molecule has 18 heavy (non-hydrogen) atoms. The van der Waals surface area contributed by atoms with Gasteiger partial charge in [0, 0.05) is 19.7 Å². The Morgan fingerprint density at radius 2 is 2.17 bits per heavy atom. The third kappa shape index (κ3) is 3.57. The van der Waals surface area contributed by atoms with E-state index in [4.69, 9.17) is 4.74 Å². The van der Waals surface area contributed by atoms with Gasteiger partial charge in [0.2, 0.25) is 0 Å². The van der Waals surface area contributed by atoms with E-state index in [1.807, 2.05) is 19.9 Å². The van der Waals surface area contributed by atoms with Crippen molar-refractivity contribution < 1.29 is 9.53 Å². The maximum atomic E-state index is 12.1. The monoisotopic (exact) mass is 253 g/mol. The van der Waals surface area contributed by atoms with Gasteiger partial charge in [0.1, 0.15) is 5.69 Å². The maximum Gasteiger partial charge on any atom is 0.269 e. The number of nitrogens with one attached hydrogen (secondary N) is 1. The van der Waals surface area contributed by atoms with Crippen molar-refractivity contribution in [2.24, 2.45) is 0 Å². The molecule has 1 amide bonds. The third-order valence-electron chi connectivity index (χ3n) is 2.72. The van der Waals surface area contributed by atoms with Crippen LogP contribution in [-0.2, 0) is 11.3 Å². The van der Waals surface area contributed by atoms with Gasteiger partial charge in [-0.3, -0.25) is 9.48 Å². The second-order valence-electron chi connectivity index (χ2n) is 4.75. The Bertz CT molecular complexity index is 399. The van der Waals surface area contributed by atoms with Crippen LogP contribution in [0.4, 0.5) is 0 Å². The van der Waals surface area contributed by atoms with Crippen LogP contribution in [0.5, 0.6) is 0 Å². The van der Waals surface area contributed by atoms with Crippen LogP contribution in [0.25, 0.3) is 0 Å². The number of carbonyl (C=O) groups excluding carboxylic acids is 1. The average molecular weight is 253 g/mol. The Morgan fingerprint density at radius 3 is 2.67 bits per heavy atom. The van der Waals surface area contributed by atoms with E-state index in [9.17, 15) is 4.79 Å². The van der Waals surface area contributed by atoms with Crippen molar-refractivity contribution in [3.63, 3.8) is 0 Å². The minimum absolute atomic E-state index is 0.00907. The van der Waals surface area contributed by atoms with Gasteiger partial charge >= 0.3 is 0 Å². The second-order valence-corrected chi connectivity index (χ2v) is 4.75. The van der Waals surface area contributed by atoms with E-state index < -0.39 is 0 Å². The summed E-state index contributed by atoms with van der Waals surface area (Å²) < 4.78 is 6.74. The van der Waals surface area contributed by atoms with E-state index in [1.165, 1.54) is 0 Å². The van der Waals surface area contributed by atoms with Crippen LogP contribution in [-0.4, -0.2) is 35.4 Å². The molecule has 102 valence electrons. The lowest BCUT2D eigenvalue weighted by Crippen LogP contribution is -2.36. The Balaban J connectivity index is 2.84. The van der Waals surface area contributed by atoms with Crippen LogP contribution >= 0.6 is 0 Å². The number of carbonyl (C=O) groups is 1. The van der Waals surface area contributed by atoms with Crippen LogP contribution in [0, 0.1) is 0 Å². The zero-order valence-electron chi connectivity index (χ0n) is 11.9. The Morgan fingerprint density at radius 1 is 1.50 bits per heavy atom. The highest BCUT2D eigenvalue weighted by atomic mass is 16.5. The molecule has 0 aliphatic heterocycles. The number of nitrogens with zero attached hydrogens (tertiary/aromatic N) is 2. The van der Waals surface area contributed by atoms with Crippen molar-refractivity contribution >= 4 is 5.91 Å². The highest BCUT2D eigenvalue weighted by Crippen LogP contribution is 2.14. The van der Waals surface area contributed by atoms with Gasteiger partial charge in [-0.2, -0.15) is 5.10 Å². The maximum absolute atomic E-state index is 12.1. The largest absolute Gasteiger partial charge is 0.383 e. The Hall–Kier alpha value is -1.36. The molecule has 0 aliphatic rings. The third-order valence-corrected chi connectivity index (χ3v) is 2.72. The summed E-state index contributed by atoms with van der Waals surface area (Å²) >= 11 is 0. The summed E-state index contributed by atoms with van der Waals surface area (Å²) in [6.07, 6.45) is 0. The molecule has 1 aromatic heterocycles. The van der Waals surface area contributed by atoms with E-state index in [1.54, 1.807) is 11.8 Å². The summed E-state index contributed by atoms with van der Waals surface area (Å²) in [5.41, 5.74) is 1.56. The van der Waals surface area contributed by atoms with E-state index in [2.05, 4.69) is 24.3 Å². The Kier molecular flexibility index (Phi) is 5.34. The fourth-order valence-corrected chi connectivity index (χ4v) is 1.73. The van der Waals surface area contributed by atoms with Crippen LogP contribution in [0.3, 0.4) is 0 Å². The van der Waals surface area contributed by atoms with Gasteiger partial charge in [0.25, 0.3) is 5.91 Å². The number of hydrogen-bond donors (Lipinski definition) is 1. The van der Waals surface area contributed by atoms with Crippen molar-refractivity contribution in [2.45, 2.75) is 46.2 Å². The first kappa shape index (κ1) is 14.7. The molecule has 5 nitrogen and oxygen atoms in total. The number of amides is 1. The van der Waals surface area contributed by atoms with Gasteiger partial charge in [0.15, 0.2) is 0 Å². The van der Waals surface area contributed by atoms with Crippen LogP contribution < -0.4 is 5.32 Å². The van der Waals surface area contributed by atoms with Crippen LogP contribution in [0.2, 0.25) is 0 Å². The smallest absolute Gasteiger partial charge is 0.269 e. The minimum Gasteiger partial charge on any atom is -0.383 e. The number of hydrogen-bond acceptors (Lipinski definition) is 3. The molecule has 1 rings (SSSR count). The van der Waals surface area contributed by atoms with Gasteiger partial charge in [-0.1, -0.05) is 13.8 Å². The van der Waals surface area contributed by atoms with Crippen molar-refractivity contribution in [3.8, 4) is 0 Å². The van der Waals surface area contributed by atoms with Crippen molar-refractivity contribution in [1.82, 2.24) is 15.1 Å². The summed E-state index contributed by atoms with van der Waals surface area (Å²) in [5, 5.41) is 7.33. The van der Waals surface area contributed by atoms with E-state index in [-0.39, 0.29) is 11.9 Å². The zero-order chi connectivity index (χ0) is 13.7. The number of methoxy groups -OCH3 is 1. The first-order chi connectivity index (χ1) is 8.49. The summed E-state index contributed by atoms with van der Waals surface area (Å²) in [5.74, 6) is 0.224. The van der Waals surface area contributed by atoms with Gasteiger partial charge in [-0.15, -0.1) is 0 Å². The average Bonchev–Trinajstić information content (AvgIpc) is 2.73. The molecule has 1 aromatic rings. The molecule has 0 radical (unpaired) electrons. The number of rotatable bonds is 6. The number of aryl methyl sites for hydroxylation is 1. The van der Waals surface area contributed by atoms with Crippen LogP contribution in [0.1, 0.15) is 49.8 Å². The first-order valence-corrected chi connectivity index (χ1v) is 6.37. The van der Waals surface area contributed by atoms with Crippen molar-refractivity contribution in [1.29, 1.82) is 0 Å². The van der Waals surface area contributed by atoms with Crippen LogP contribution in [0.15, 0.2) is 6.07 Å².